The summed E-state index contributed by atoms with van der Waals surface area (Å²) in [6.07, 6.45) is 9.52. The van der Waals surface area contributed by atoms with Crippen molar-refractivity contribution in [1.29, 1.82) is 0 Å². The Bertz CT molecular complexity index is 1600. The van der Waals surface area contributed by atoms with Crippen LogP contribution in [0.25, 0.3) is 11.1 Å². The van der Waals surface area contributed by atoms with Crippen LogP contribution in [-0.2, 0) is 28.2 Å². The molecular formula is C47H66O8Si. The standard InChI is InChI=1S/C47H66O8Si/c1-47(2,3)56(5,6)55-39(34-52-38-21-13-10-14-22-38)30-31-41-40(23-15-7-8-16-24-44(48)50-4)43(33-42(41)53-45-25-17-18-32-51-45)54-46(49)37-28-26-36(27-29-37)35-19-11-9-12-20-35/h9-14,19-22,26-29,39-43,45H,7-8,15-18,23-25,30-34H2,1-6H3/t39-,40+,41+,42?,43-,45?/m0/s1. The lowest BCUT2D eigenvalue weighted by Crippen LogP contribution is -2.45. The molecule has 3 aromatic rings. The van der Waals surface area contributed by atoms with Gasteiger partial charge in [0.15, 0.2) is 14.6 Å². The number of hydrogen-bond acceptors (Lipinski definition) is 8. The van der Waals surface area contributed by atoms with E-state index in [-0.39, 0.29) is 53.4 Å². The van der Waals surface area contributed by atoms with E-state index in [1.165, 1.54) is 7.11 Å². The second kappa shape index (κ2) is 21.3. The molecule has 306 valence electrons. The first-order valence-corrected chi connectivity index (χ1v) is 23.9. The maximum absolute atomic E-state index is 13.9. The molecule has 0 radical (unpaired) electrons. The summed E-state index contributed by atoms with van der Waals surface area (Å²) in [7, 11) is -0.690. The number of esters is 2. The van der Waals surface area contributed by atoms with Crippen molar-refractivity contribution in [1.82, 2.24) is 0 Å². The Morgan fingerprint density at radius 2 is 1.46 bits per heavy atom. The van der Waals surface area contributed by atoms with Crippen LogP contribution in [0.3, 0.4) is 0 Å². The summed E-state index contributed by atoms with van der Waals surface area (Å²) in [6, 6.07) is 27.8. The molecule has 1 aliphatic carbocycles. The van der Waals surface area contributed by atoms with E-state index in [1.54, 1.807) is 0 Å². The monoisotopic (exact) mass is 786 g/mol. The smallest absolute Gasteiger partial charge is 0.338 e. The molecule has 0 amide bonds. The van der Waals surface area contributed by atoms with E-state index >= 15 is 0 Å². The third kappa shape index (κ3) is 13.0. The van der Waals surface area contributed by atoms with Crippen molar-refractivity contribution in [3.8, 4) is 16.9 Å². The molecule has 0 N–H and O–H groups in total. The van der Waals surface area contributed by atoms with Crippen LogP contribution in [0, 0.1) is 11.8 Å². The minimum atomic E-state index is -2.13. The zero-order valence-corrected chi connectivity index (χ0v) is 35.7. The molecule has 1 aliphatic heterocycles. The number of benzene rings is 3. The van der Waals surface area contributed by atoms with E-state index in [2.05, 4.69) is 46.0 Å². The molecule has 3 aromatic carbocycles. The van der Waals surface area contributed by atoms with E-state index in [9.17, 15) is 9.59 Å². The van der Waals surface area contributed by atoms with E-state index in [1.807, 2.05) is 72.8 Å². The molecule has 1 heterocycles. The number of hydrogen-bond donors (Lipinski definition) is 0. The van der Waals surface area contributed by atoms with Crippen molar-refractivity contribution in [3.63, 3.8) is 0 Å². The fourth-order valence-electron chi connectivity index (χ4n) is 7.83. The van der Waals surface area contributed by atoms with Crippen LogP contribution in [0.15, 0.2) is 84.9 Å². The normalized spacial score (nSPS) is 22.0. The Labute approximate surface area is 337 Å². The highest BCUT2D eigenvalue weighted by Crippen LogP contribution is 2.45. The second-order valence-corrected chi connectivity index (χ2v) is 21.9. The van der Waals surface area contributed by atoms with Gasteiger partial charge in [-0.05, 0) is 104 Å². The van der Waals surface area contributed by atoms with Crippen LogP contribution >= 0.6 is 0 Å². The third-order valence-electron chi connectivity index (χ3n) is 12.1. The first kappa shape index (κ1) is 43.6. The Hall–Kier alpha value is -3.50. The summed E-state index contributed by atoms with van der Waals surface area (Å²) in [5.41, 5.74) is 2.70. The van der Waals surface area contributed by atoms with Gasteiger partial charge >= 0.3 is 11.9 Å². The summed E-state index contributed by atoms with van der Waals surface area (Å²) in [5.74, 6) is 0.597. The van der Waals surface area contributed by atoms with Crippen LogP contribution in [0.5, 0.6) is 5.75 Å². The molecule has 0 spiro atoms. The lowest BCUT2D eigenvalue weighted by Gasteiger charge is -2.40. The fourth-order valence-corrected chi connectivity index (χ4v) is 9.20. The Morgan fingerprint density at radius 1 is 0.804 bits per heavy atom. The molecule has 0 bridgehead atoms. The zero-order valence-electron chi connectivity index (χ0n) is 34.7. The highest BCUT2D eigenvalue weighted by atomic mass is 28.4. The molecule has 2 aliphatic rings. The predicted octanol–water partition coefficient (Wildman–Crippen LogP) is 11.2. The molecule has 2 fully saturated rings. The zero-order chi connectivity index (χ0) is 40.0. The van der Waals surface area contributed by atoms with Crippen LogP contribution in [-0.4, -0.2) is 65.2 Å². The first-order valence-electron chi connectivity index (χ1n) is 21.0. The van der Waals surface area contributed by atoms with Gasteiger partial charge in [0.2, 0.25) is 0 Å². The minimum Gasteiger partial charge on any atom is -0.491 e. The van der Waals surface area contributed by atoms with Gasteiger partial charge in [0, 0.05) is 25.4 Å². The molecule has 56 heavy (non-hydrogen) atoms. The van der Waals surface area contributed by atoms with Crippen LogP contribution < -0.4 is 4.74 Å². The van der Waals surface area contributed by atoms with Crippen LogP contribution in [0.4, 0.5) is 0 Å². The highest BCUT2D eigenvalue weighted by Gasteiger charge is 2.47. The average molecular weight is 787 g/mol. The fraction of sp³-hybridized carbons (Fsp3) is 0.574. The molecule has 9 heteroatoms. The van der Waals surface area contributed by atoms with E-state index < -0.39 is 8.32 Å². The van der Waals surface area contributed by atoms with Gasteiger partial charge in [-0.25, -0.2) is 4.79 Å². The van der Waals surface area contributed by atoms with E-state index in [0.29, 0.717) is 31.6 Å². The van der Waals surface area contributed by atoms with Crippen molar-refractivity contribution in [3.05, 3.63) is 90.5 Å². The number of carbonyl (C=O) groups is 2. The molecule has 5 rings (SSSR count). The number of rotatable bonds is 20. The van der Waals surface area contributed by atoms with Gasteiger partial charge in [0.1, 0.15) is 18.5 Å². The molecule has 8 nitrogen and oxygen atoms in total. The Kier molecular flexibility index (Phi) is 16.6. The largest absolute Gasteiger partial charge is 0.491 e. The van der Waals surface area contributed by atoms with Crippen molar-refractivity contribution in [2.45, 2.75) is 141 Å². The van der Waals surface area contributed by atoms with Gasteiger partial charge in [-0.3, -0.25) is 4.79 Å². The molecule has 1 saturated carbocycles. The first-order chi connectivity index (χ1) is 26.9. The molecular weight excluding hydrogens is 721 g/mol. The van der Waals surface area contributed by atoms with Gasteiger partial charge in [-0.1, -0.05) is 101 Å². The van der Waals surface area contributed by atoms with Gasteiger partial charge in [-0.2, -0.15) is 0 Å². The van der Waals surface area contributed by atoms with Gasteiger partial charge in [-0.15, -0.1) is 0 Å². The van der Waals surface area contributed by atoms with Gasteiger partial charge < -0.3 is 28.1 Å². The minimum absolute atomic E-state index is 0.0460. The topological polar surface area (TPSA) is 89.5 Å². The predicted molar refractivity (Wildman–Crippen MR) is 224 cm³/mol. The van der Waals surface area contributed by atoms with Crippen molar-refractivity contribution in [2.75, 3.05) is 20.3 Å². The maximum atomic E-state index is 13.9. The maximum Gasteiger partial charge on any atom is 0.338 e. The number of methoxy groups -OCH3 is 1. The van der Waals surface area contributed by atoms with Gasteiger partial charge in [0.25, 0.3) is 0 Å². The lowest BCUT2D eigenvalue weighted by atomic mass is 9.84. The van der Waals surface area contributed by atoms with Crippen LogP contribution in [0.1, 0.15) is 108 Å². The quantitative estimate of drug-likeness (QED) is 0.0635. The number of carbonyl (C=O) groups excluding carboxylic acids is 2. The molecule has 0 aromatic heterocycles. The van der Waals surface area contributed by atoms with Crippen molar-refractivity contribution >= 4 is 20.3 Å². The average Bonchev–Trinajstić information content (AvgIpc) is 3.51. The molecule has 2 unspecified atom stereocenters. The number of para-hydroxylation sites is 1. The summed E-state index contributed by atoms with van der Waals surface area (Å²) in [4.78, 5) is 25.6. The Morgan fingerprint density at radius 3 is 2.12 bits per heavy atom. The van der Waals surface area contributed by atoms with Crippen molar-refractivity contribution < 1.29 is 37.7 Å². The third-order valence-corrected chi connectivity index (χ3v) is 16.6. The summed E-state index contributed by atoms with van der Waals surface area (Å²) >= 11 is 0. The summed E-state index contributed by atoms with van der Waals surface area (Å²) < 4.78 is 37.7. The number of ether oxygens (including phenoxy) is 5. The second-order valence-electron chi connectivity index (χ2n) is 17.2. The number of unbranched alkanes of at least 4 members (excludes halogenated alkanes) is 3. The summed E-state index contributed by atoms with van der Waals surface area (Å²) in [6.45, 7) is 12.6. The molecule has 6 atom stereocenters. The SMILES string of the molecule is COC(=O)CCCCCC[C@H]1[C@@H](OC(=O)c2ccc(-c3ccccc3)cc2)CC(OC2CCCCO2)[C@@H]1CC[C@@H](COc1ccccc1)O[Si](C)(C)C(C)(C)C. The van der Waals surface area contributed by atoms with E-state index in [4.69, 9.17) is 28.1 Å². The molecule has 1 saturated heterocycles. The van der Waals surface area contributed by atoms with E-state index in [0.717, 1.165) is 81.1 Å². The Balaban J connectivity index is 1.36. The van der Waals surface area contributed by atoms with Gasteiger partial charge in [0.05, 0.1) is 24.9 Å². The van der Waals surface area contributed by atoms with Crippen LogP contribution in [0.2, 0.25) is 18.1 Å². The van der Waals surface area contributed by atoms with Crippen molar-refractivity contribution in [2.24, 2.45) is 11.8 Å². The highest BCUT2D eigenvalue weighted by molar-refractivity contribution is 6.74. The summed E-state index contributed by atoms with van der Waals surface area (Å²) in [5, 5.41) is 0.0460. The lowest BCUT2D eigenvalue weighted by molar-refractivity contribution is -0.196.